The summed E-state index contributed by atoms with van der Waals surface area (Å²) in [5.41, 5.74) is 10.8. The van der Waals surface area contributed by atoms with E-state index in [0.29, 0.717) is 22.5 Å². The number of hydrogen-bond acceptors (Lipinski definition) is 1. The van der Waals surface area contributed by atoms with Crippen molar-refractivity contribution in [2.45, 2.75) is 0 Å². The Morgan fingerprint density at radius 3 is 1.09 bits per heavy atom. The van der Waals surface area contributed by atoms with Gasteiger partial charge in [-0.2, -0.15) is 5.26 Å². The Bertz CT molecular complexity index is 4450. The van der Waals surface area contributed by atoms with Gasteiger partial charge in [-0.15, -0.1) is 0 Å². The summed E-state index contributed by atoms with van der Waals surface area (Å²) < 4.78 is 42.5. The Kier molecular flexibility index (Phi) is 8.05. The van der Waals surface area contributed by atoms with Crippen LogP contribution in [0.2, 0.25) is 0 Å². The maximum Gasteiger partial charge on any atom is 0.134 e. The van der Waals surface area contributed by atoms with Crippen molar-refractivity contribution in [2.24, 2.45) is 0 Å². The summed E-state index contributed by atoms with van der Waals surface area (Å²) in [6, 6.07) is 72.6. The molecular weight excluding hydrogens is 841 g/mol. The molecule has 14 aromatic rings. The van der Waals surface area contributed by atoms with Crippen LogP contribution in [-0.2, 0) is 0 Å². The highest BCUT2D eigenvalue weighted by molar-refractivity contribution is 6.25. The molecule has 0 N–H and O–H groups in total. The van der Waals surface area contributed by atoms with E-state index in [1.54, 1.807) is 0 Å². The van der Waals surface area contributed by atoms with Crippen molar-refractivity contribution < 1.29 is 8.78 Å². The van der Waals surface area contributed by atoms with Crippen LogP contribution < -0.4 is 0 Å². The second-order valence-corrected chi connectivity index (χ2v) is 17.4. The van der Waals surface area contributed by atoms with E-state index in [-0.39, 0.29) is 5.56 Å². The van der Waals surface area contributed by atoms with Crippen molar-refractivity contribution in [1.29, 1.82) is 5.26 Å². The number of halogens is 2. The fourth-order valence-corrected chi connectivity index (χ4v) is 11.2. The van der Waals surface area contributed by atoms with Crippen molar-refractivity contribution >= 4 is 87.2 Å². The molecule has 0 fully saturated rings. The molecule has 0 aliphatic carbocycles. The normalized spacial score (nSPS) is 12.0. The van der Waals surface area contributed by atoms with Crippen LogP contribution in [0.4, 0.5) is 8.78 Å². The second-order valence-electron chi connectivity index (χ2n) is 17.4. The number of hydrogen-bond donors (Lipinski definition) is 0. The van der Waals surface area contributed by atoms with Crippen LogP contribution in [-0.4, -0.2) is 18.3 Å². The molecule has 0 aliphatic heterocycles. The Morgan fingerprint density at radius 2 is 0.676 bits per heavy atom. The highest BCUT2D eigenvalue weighted by Gasteiger charge is 2.28. The summed E-state index contributed by atoms with van der Waals surface area (Å²) in [6.45, 7) is 0. The van der Waals surface area contributed by atoms with Crippen molar-refractivity contribution in [2.75, 3.05) is 0 Å². The van der Waals surface area contributed by atoms with Gasteiger partial charge in [-0.1, -0.05) is 140 Å². The molecule has 0 saturated heterocycles. The fraction of sp³-hybridized carbons (Fsp3) is 0. The smallest absolute Gasteiger partial charge is 0.134 e. The minimum absolute atomic E-state index is 0.181. The highest BCUT2D eigenvalue weighted by atomic mass is 19.1. The molecule has 0 spiro atoms. The number of nitriles is 1. The standard InChI is InChI=1S/C61H35F2N5/c62-49-24-15-25-50(63)57(49)48-35-55(67-53-28-13-9-22-42(53)46-32-30-44-40-20-7-11-26-51(40)65(58(44)60(46)67)38-16-3-1-4-17-38)37(36-64)34-56(48)68-54-29-14-10-23-43(54)47-33-31-45-41-21-8-12-27-52(41)66(59(45)61(47)68)39-18-5-2-6-19-39/h1-35H. The molecule has 0 saturated carbocycles. The van der Waals surface area contributed by atoms with Crippen molar-refractivity contribution in [3.63, 3.8) is 0 Å². The first-order valence-corrected chi connectivity index (χ1v) is 22.6. The lowest BCUT2D eigenvalue weighted by Crippen LogP contribution is -2.06. The molecule has 0 aliphatic rings. The average Bonchev–Trinajstić information content (AvgIpc) is 4.12. The first kappa shape index (κ1) is 38.1. The Balaban J connectivity index is 1.19. The molecule has 7 heteroatoms. The zero-order valence-electron chi connectivity index (χ0n) is 36.2. The van der Waals surface area contributed by atoms with Crippen LogP contribution in [0.1, 0.15) is 5.56 Å². The zero-order valence-corrected chi connectivity index (χ0v) is 36.2. The summed E-state index contributed by atoms with van der Waals surface area (Å²) in [7, 11) is 0. The van der Waals surface area contributed by atoms with Crippen LogP contribution in [0.25, 0.3) is 121 Å². The molecule has 0 radical (unpaired) electrons. The summed E-state index contributed by atoms with van der Waals surface area (Å²) in [5.74, 6) is -1.42. The SMILES string of the molecule is N#Cc1cc(-n2c3ccccc3c3ccc4c5ccccc5n(-c5ccccc5)c4c32)c(-c2c(F)cccc2F)cc1-n1c2ccccc2c2ccc3c4ccccc4n(-c4ccccc4)c3c21. The van der Waals surface area contributed by atoms with Gasteiger partial charge in [0.15, 0.2) is 0 Å². The molecule has 4 aromatic heterocycles. The number of para-hydroxylation sites is 6. The first-order valence-electron chi connectivity index (χ1n) is 22.6. The van der Waals surface area contributed by atoms with E-state index in [1.807, 2.05) is 84.9 Å². The topological polar surface area (TPSA) is 43.5 Å². The number of fused-ring (bicyclic) bond motifs is 14. The fourth-order valence-electron chi connectivity index (χ4n) is 11.2. The summed E-state index contributed by atoms with van der Waals surface area (Å²) in [6.07, 6.45) is 0. The quantitative estimate of drug-likeness (QED) is 0.170. The van der Waals surface area contributed by atoms with Crippen molar-refractivity contribution in [3.05, 3.63) is 230 Å². The van der Waals surface area contributed by atoms with Gasteiger partial charge in [-0.25, -0.2) is 8.78 Å². The van der Waals surface area contributed by atoms with E-state index < -0.39 is 11.6 Å². The predicted molar refractivity (Wildman–Crippen MR) is 274 cm³/mol. The monoisotopic (exact) mass is 875 g/mol. The largest absolute Gasteiger partial charge is 0.307 e. The average molecular weight is 876 g/mol. The molecule has 4 heterocycles. The molecule has 10 aromatic carbocycles. The van der Waals surface area contributed by atoms with E-state index in [9.17, 15) is 5.26 Å². The molecule has 318 valence electrons. The zero-order chi connectivity index (χ0) is 45.2. The molecule has 68 heavy (non-hydrogen) atoms. The minimum Gasteiger partial charge on any atom is -0.307 e. The summed E-state index contributed by atoms with van der Waals surface area (Å²) in [5, 5.41) is 19.7. The van der Waals surface area contributed by atoms with Gasteiger partial charge < -0.3 is 18.3 Å². The van der Waals surface area contributed by atoms with Gasteiger partial charge in [0, 0.05) is 60.0 Å². The number of rotatable bonds is 5. The van der Waals surface area contributed by atoms with Gasteiger partial charge in [0.1, 0.15) is 17.7 Å². The van der Waals surface area contributed by atoms with Gasteiger partial charge >= 0.3 is 0 Å². The molecule has 5 nitrogen and oxygen atoms in total. The van der Waals surface area contributed by atoms with Crippen LogP contribution in [0, 0.1) is 23.0 Å². The van der Waals surface area contributed by atoms with Gasteiger partial charge in [-0.05, 0) is 72.8 Å². The third-order valence-corrected chi connectivity index (χ3v) is 13.9. The Labute approximate surface area is 387 Å². The van der Waals surface area contributed by atoms with Gasteiger partial charge in [0.25, 0.3) is 0 Å². The van der Waals surface area contributed by atoms with Crippen molar-refractivity contribution in [1.82, 2.24) is 18.3 Å². The lowest BCUT2D eigenvalue weighted by Gasteiger charge is -2.20. The van der Waals surface area contributed by atoms with E-state index in [0.717, 1.165) is 98.6 Å². The van der Waals surface area contributed by atoms with Crippen LogP contribution >= 0.6 is 0 Å². The number of aromatic nitrogens is 4. The van der Waals surface area contributed by atoms with E-state index >= 15 is 8.78 Å². The third-order valence-electron chi connectivity index (χ3n) is 13.9. The molecule has 0 amide bonds. The first-order chi connectivity index (χ1) is 33.6. The third kappa shape index (κ3) is 5.17. The molecule has 0 atom stereocenters. The lowest BCUT2D eigenvalue weighted by molar-refractivity contribution is 0.589. The molecule has 14 rings (SSSR count). The van der Waals surface area contributed by atoms with Crippen molar-refractivity contribution in [3.8, 4) is 39.9 Å². The molecular formula is C61H35F2N5. The number of benzene rings is 10. The van der Waals surface area contributed by atoms with Crippen LogP contribution in [0.5, 0.6) is 0 Å². The van der Waals surface area contributed by atoms with E-state index in [1.165, 1.54) is 18.2 Å². The second kappa shape index (κ2) is 14.4. The molecule has 0 unspecified atom stereocenters. The van der Waals surface area contributed by atoms with Gasteiger partial charge in [0.2, 0.25) is 0 Å². The maximum absolute atomic E-state index is 16.9. The molecule has 0 bridgehead atoms. The predicted octanol–water partition coefficient (Wildman–Crippen LogP) is 15.9. The maximum atomic E-state index is 16.9. The van der Waals surface area contributed by atoms with Crippen LogP contribution in [0.3, 0.4) is 0 Å². The number of nitrogens with zero attached hydrogens (tertiary/aromatic N) is 5. The Morgan fingerprint density at radius 1 is 0.324 bits per heavy atom. The summed E-state index contributed by atoms with van der Waals surface area (Å²) in [4.78, 5) is 0. The van der Waals surface area contributed by atoms with E-state index in [2.05, 4.69) is 134 Å². The lowest BCUT2D eigenvalue weighted by atomic mass is 9.98. The highest BCUT2D eigenvalue weighted by Crippen LogP contribution is 2.47. The van der Waals surface area contributed by atoms with Gasteiger partial charge in [0.05, 0.1) is 66.6 Å². The Hall–Kier alpha value is -9.25. The van der Waals surface area contributed by atoms with Crippen LogP contribution in [0.15, 0.2) is 212 Å². The van der Waals surface area contributed by atoms with Gasteiger partial charge in [-0.3, -0.25) is 0 Å². The summed E-state index contributed by atoms with van der Waals surface area (Å²) >= 11 is 0. The van der Waals surface area contributed by atoms with E-state index in [4.69, 9.17) is 0 Å². The minimum atomic E-state index is -0.708.